The van der Waals surface area contributed by atoms with Crippen molar-refractivity contribution in [1.29, 1.82) is 0 Å². The molecule has 1 unspecified atom stereocenters. The van der Waals surface area contributed by atoms with E-state index < -0.39 is 0 Å². The molecule has 0 saturated heterocycles. The van der Waals surface area contributed by atoms with Crippen LogP contribution >= 0.6 is 34.7 Å². The number of nitrogens with zero attached hydrogens (tertiary/aromatic N) is 3. The first kappa shape index (κ1) is 19.9. The molecule has 9 heteroatoms. The van der Waals surface area contributed by atoms with Crippen LogP contribution in [-0.2, 0) is 11.2 Å². The highest BCUT2D eigenvalue weighted by Crippen LogP contribution is 2.33. The van der Waals surface area contributed by atoms with Crippen molar-refractivity contribution in [2.24, 2.45) is 0 Å². The molecule has 148 valence electrons. The number of aromatic nitrogens is 2. The zero-order valence-corrected chi connectivity index (χ0v) is 17.9. The van der Waals surface area contributed by atoms with E-state index in [1.807, 2.05) is 23.1 Å². The van der Waals surface area contributed by atoms with E-state index in [1.54, 1.807) is 24.3 Å². The maximum Gasteiger partial charge on any atom is 0.259 e. The summed E-state index contributed by atoms with van der Waals surface area (Å²) in [7, 11) is 0. The number of hydrogen-bond donors (Lipinski definition) is 1. The highest BCUT2D eigenvalue weighted by Gasteiger charge is 2.30. The second-order valence-electron chi connectivity index (χ2n) is 6.54. The fraction of sp³-hybridized carbons (Fsp3) is 0.200. The molecule has 29 heavy (non-hydrogen) atoms. The molecule has 1 aromatic heterocycles. The van der Waals surface area contributed by atoms with Gasteiger partial charge in [-0.05, 0) is 37.1 Å². The molecule has 0 saturated carbocycles. The van der Waals surface area contributed by atoms with E-state index in [0.717, 1.165) is 12.1 Å². The van der Waals surface area contributed by atoms with Crippen molar-refractivity contribution in [2.45, 2.75) is 23.7 Å². The summed E-state index contributed by atoms with van der Waals surface area (Å²) in [5.74, 6) is -0.0580. The van der Waals surface area contributed by atoms with E-state index in [2.05, 4.69) is 28.5 Å². The number of thioether (sulfide) groups is 1. The molecule has 6 nitrogen and oxygen atoms in total. The van der Waals surface area contributed by atoms with Gasteiger partial charge in [0.05, 0.1) is 16.3 Å². The van der Waals surface area contributed by atoms with E-state index >= 15 is 0 Å². The summed E-state index contributed by atoms with van der Waals surface area (Å²) in [6.45, 7) is 2.05. The summed E-state index contributed by atoms with van der Waals surface area (Å²) >= 11 is 8.59. The summed E-state index contributed by atoms with van der Waals surface area (Å²) in [6, 6.07) is 14.9. The second-order valence-corrected chi connectivity index (χ2v) is 9.15. The lowest BCUT2D eigenvalue weighted by Crippen LogP contribution is -2.36. The summed E-state index contributed by atoms with van der Waals surface area (Å²) in [5.41, 5.74) is 2.55. The molecular weight excluding hydrogens is 428 g/mol. The van der Waals surface area contributed by atoms with Crippen LogP contribution in [0.4, 0.5) is 10.8 Å². The van der Waals surface area contributed by atoms with Crippen molar-refractivity contribution in [3.8, 4) is 0 Å². The van der Waals surface area contributed by atoms with Crippen LogP contribution in [0.15, 0.2) is 52.9 Å². The fourth-order valence-corrected chi connectivity index (χ4v) is 5.09. The normalized spacial score (nSPS) is 15.2. The minimum Gasteiger partial charge on any atom is -0.308 e. The number of rotatable bonds is 5. The molecule has 4 rings (SSSR count). The lowest BCUT2D eigenvalue weighted by atomic mass is 10.1. The Balaban J connectivity index is 1.37. The highest BCUT2D eigenvalue weighted by atomic mass is 35.5. The van der Waals surface area contributed by atoms with Crippen molar-refractivity contribution >= 4 is 57.3 Å². The number of anilines is 2. The third-order valence-corrected chi connectivity index (χ3v) is 6.83. The Hall–Kier alpha value is -2.42. The molecule has 1 N–H and O–H groups in total. The first-order valence-electron chi connectivity index (χ1n) is 8.95. The predicted octanol–water partition coefficient (Wildman–Crippen LogP) is 4.51. The zero-order chi connectivity index (χ0) is 20.4. The number of benzene rings is 2. The monoisotopic (exact) mass is 444 g/mol. The van der Waals surface area contributed by atoms with Gasteiger partial charge in [0, 0.05) is 11.7 Å². The van der Waals surface area contributed by atoms with Gasteiger partial charge in [-0.2, -0.15) is 0 Å². The van der Waals surface area contributed by atoms with Gasteiger partial charge in [0.15, 0.2) is 4.34 Å². The number of amides is 2. The van der Waals surface area contributed by atoms with Gasteiger partial charge >= 0.3 is 0 Å². The SMILES string of the molecule is CC1Cc2ccccc2N1C(=O)CSc1nnc(NC(=O)c2ccccc2Cl)s1. The molecule has 2 heterocycles. The Labute approximate surface area is 181 Å². The van der Waals surface area contributed by atoms with Crippen LogP contribution in [0.25, 0.3) is 0 Å². The molecule has 2 aromatic carbocycles. The maximum atomic E-state index is 12.8. The molecule has 0 aliphatic carbocycles. The molecular formula is C20H17ClN4O2S2. The minimum absolute atomic E-state index is 0.0318. The average Bonchev–Trinajstić information content (AvgIpc) is 3.29. The Morgan fingerprint density at radius 1 is 1.21 bits per heavy atom. The van der Waals surface area contributed by atoms with Crippen LogP contribution in [0.1, 0.15) is 22.8 Å². The Kier molecular flexibility index (Phi) is 5.84. The first-order chi connectivity index (χ1) is 14.0. The number of carbonyl (C=O) groups excluding carboxylic acids is 2. The lowest BCUT2D eigenvalue weighted by Gasteiger charge is -2.22. The van der Waals surface area contributed by atoms with Gasteiger partial charge in [0.2, 0.25) is 11.0 Å². The number of fused-ring (bicyclic) bond motifs is 1. The average molecular weight is 445 g/mol. The molecule has 1 atom stereocenters. The van der Waals surface area contributed by atoms with E-state index in [1.165, 1.54) is 28.7 Å². The van der Waals surface area contributed by atoms with Gasteiger partial charge < -0.3 is 4.90 Å². The molecule has 0 fully saturated rings. The van der Waals surface area contributed by atoms with E-state index in [9.17, 15) is 9.59 Å². The quantitative estimate of drug-likeness (QED) is 0.462. The van der Waals surface area contributed by atoms with Crippen LogP contribution in [0.5, 0.6) is 0 Å². The Morgan fingerprint density at radius 3 is 2.79 bits per heavy atom. The molecule has 0 radical (unpaired) electrons. The maximum absolute atomic E-state index is 12.8. The smallest absolute Gasteiger partial charge is 0.259 e. The van der Waals surface area contributed by atoms with E-state index in [4.69, 9.17) is 11.6 Å². The van der Waals surface area contributed by atoms with Crippen LogP contribution in [0.3, 0.4) is 0 Å². The van der Waals surface area contributed by atoms with Gasteiger partial charge in [0.1, 0.15) is 0 Å². The summed E-state index contributed by atoms with van der Waals surface area (Å²) in [5, 5.41) is 11.5. The van der Waals surface area contributed by atoms with Gasteiger partial charge in [-0.15, -0.1) is 10.2 Å². The standard InChI is InChI=1S/C20H17ClN4O2S2/c1-12-10-13-6-2-5-9-16(13)25(12)17(26)11-28-20-24-23-19(29-20)22-18(27)14-7-3-4-8-15(14)21/h2-9,12H,10-11H2,1H3,(H,22,23,27). The number of hydrogen-bond acceptors (Lipinski definition) is 6. The van der Waals surface area contributed by atoms with Crippen LogP contribution in [0, 0.1) is 0 Å². The van der Waals surface area contributed by atoms with Gasteiger partial charge in [-0.3, -0.25) is 14.9 Å². The summed E-state index contributed by atoms with van der Waals surface area (Å²) < 4.78 is 0.618. The van der Waals surface area contributed by atoms with Crippen molar-refractivity contribution in [3.63, 3.8) is 0 Å². The molecule has 0 bridgehead atoms. The number of nitrogens with one attached hydrogen (secondary N) is 1. The zero-order valence-electron chi connectivity index (χ0n) is 15.5. The van der Waals surface area contributed by atoms with Crippen LogP contribution in [-0.4, -0.2) is 33.8 Å². The number of para-hydroxylation sites is 1. The summed E-state index contributed by atoms with van der Waals surface area (Å²) in [6.07, 6.45) is 0.865. The summed E-state index contributed by atoms with van der Waals surface area (Å²) in [4.78, 5) is 26.9. The van der Waals surface area contributed by atoms with Gasteiger partial charge in [-0.1, -0.05) is 65.0 Å². The second kappa shape index (κ2) is 8.52. The van der Waals surface area contributed by atoms with Crippen LogP contribution < -0.4 is 10.2 Å². The lowest BCUT2D eigenvalue weighted by molar-refractivity contribution is -0.116. The third-order valence-electron chi connectivity index (χ3n) is 4.54. The van der Waals surface area contributed by atoms with Gasteiger partial charge in [-0.25, -0.2) is 0 Å². The highest BCUT2D eigenvalue weighted by molar-refractivity contribution is 8.01. The Bertz CT molecular complexity index is 1070. The minimum atomic E-state index is -0.345. The van der Waals surface area contributed by atoms with Crippen molar-refractivity contribution < 1.29 is 9.59 Å². The van der Waals surface area contributed by atoms with E-state index in [0.29, 0.717) is 20.1 Å². The third kappa shape index (κ3) is 4.29. The largest absolute Gasteiger partial charge is 0.308 e. The first-order valence-corrected chi connectivity index (χ1v) is 11.1. The molecule has 1 aliphatic heterocycles. The van der Waals surface area contributed by atoms with Crippen molar-refractivity contribution in [3.05, 3.63) is 64.7 Å². The molecule has 2 amide bonds. The molecule has 0 spiro atoms. The fourth-order valence-electron chi connectivity index (χ4n) is 3.27. The van der Waals surface area contributed by atoms with E-state index in [-0.39, 0.29) is 23.6 Å². The molecule has 1 aliphatic rings. The van der Waals surface area contributed by atoms with Crippen molar-refractivity contribution in [2.75, 3.05) is 16.0 Å². The predicted molar refractivity (Wildman–Crippen MR) is 117 cm³/mol. The Morgan fingerprint density at radius 2 is 1.97 bits per heavy atom. The molecule has 3 aromatic rings. The topological polar surface area (TPSA) is 75.2 Å². The number of halogens is 1. The number of carbonyl (C=O) groups is 2. The van der Waals surface area contributed by atoms with Gasteiger partial charge in [0.25, 0.3) is 5.91 Å². The van der Waals surface area contributed by atoms with Crippen molar-refractivity contribution in [1.82, 2.24) is 10.2 Å². The van der Waals surface area contributed by atoms with Crippen LogP contribution in [0.2, 0.25) is 5.02 Å².